The number of carbonyl (C=O) groups is 1. The number of nitrogens with zero attached hydrogens (tertiary/aromatic N) is 1. The predicted molar refractivity (Wildman–Crippen MR) is 77.5 cm³/mol. The van der Waals surface area contributed by atoms with E-state index in [2.05, 4.69) is 4.98 Å². The lowest BCUT2D eigenvalue weighted by molar-refractivity contribution is 0.0661. The molecule has 1 heterocycles. The van der Waals surface area contributed by atoms with Crippen LogP contribution in [0.4, 0.5) is 0 Å². The molecule has 0 amide bonds. The van der Waals surface area contributed by atoms with Gasteiger partial charge in [-0.05, 0) is 30.5 Å². The van der Waals surface area contributed by atoms with E-state index >= 15 is 0 Å². The summed E-state index contributed by atoms with van der Waals surface area (Å²) in [5, 5.41) is 10.1. The van der Waals surface area contributed by atoms with E-state index in [1.165, 1.54) is 0 Å². The minimum absolute atomic E-state index is 0.148. The molecule has 1 aromatic heterocycles. The fourth-order valence-corrected chi connectivity index (χ4v) is 2.19. The summed E-state index contributed by atoms with van der Waals surface area (Å²) < 4.78 is 5.35. The monoisotopic (exact) mass is 313 g/mol. The zero-order valence-electron chi connectivity index (χ0n) is 11.0. The Morgan fingerprint density at radius 1 is 1.40 bits per heavy atom. The van der Waals surface area contributed by atoms with Gasteiger partial charge in [0, 0.05) is 5.02 Å². The summed E-state index contributed by atoms with van der Waals surface area (Å²) in [7, 11) is 0. The first-order valence-electron chi connectivity index (χ1n) is 6.07. The van der Waals surface area contributed by atoms with Crippen molar-refractivity contribution < 1.29 is 14.3 Å². The normalized spacial score (nSPS) is 11.1. The van der Waals surface area contributed by atoms with E-state index in [0.29, 0.717) is 27.7 Å². The van der Waals surface area contributed by atoms with Crippen molar-refractivity contribution in [2.24, 2.45) is 5.92 Å². The van der Waals surface area contributed by atoms with E-state index in [9.17, 15) is 4.79 Å². The van der Waals surface area contributed by atoms with Crippen molar-refractivity contribution in [3.05, 3.63) is 39.7 Å². The number of rotatable bonds is 4. The van der Waals surface area contributed by atoms with Gasteiger partial charge < -0.3 is 9.52 Å². The Balaban J connectivity index is 2.52. The first kappa shape index (κ1) is 14.9. The Morgan fingerprint density at radius 3 is 2.70 bits per heavy atom. The molecule has 0 spiro atoms. The van der Waals surface area contributed by atoms with Gasteiger partial charge >= 0.3 is 5.97 Å². The smallest absolute Gasteiger partial charge is 0.373 e. The Morgan fingerprint density at radius 2 is 2.10 bits per heavy atom. The number of aromatic nitrogens is 1. The van der Waals surface area contributed by atoms with Crippen LogP contribution in [0.2, 0.25) is 10.0 Å². The van der Waals surface area contributed by atoms with Gasteiger partial charge in [0.25, 0.3) is 0 Å². The van der Waals surface area contributed by atoms with Crippen molar-refractivity contribution in [2.75, 3.05) is 0 Å². The molecule has 0 aliphatic rings. The van der Waals surface area contributed by atoms with E-state index < -0.39 is 5.97 Å². The van der Waals surface area contributed by atoms with Crippen molar-refractivity contribution in [3.8, 4) is 11.5 Å². The lowest BCUT2D eigenvalue weighted by Crippen LogP contribution is -2.03. The molecule has 0 unspecified atom stereocenters. The number of hydrogen-bond donors (Lipinski definition) is 1. The number of benzene rings is 1. The highest BCUT2D eigenvalue weighted by Crippen LogP contribution is 2.31. The number of carboxylic acid groups (broad SMARTS) is 1. The minimum atomic E-state index is -1.14. The van der Waals surface area contributed by atoms with Crippen LogP contribution in [0.15, 0.2) is 22.6 Å². The quantitative estimate of drug-likeness (QED) is 0.899. The molecule has 0 bridgehead atoms. The first-order valence-corrected chi connectivity index (χ1v) is 6.82. The Labute approximate surface area is 126 Å². The van der Waals surface area contributed by atoms with E-state index in [4.69, 9.17) is 32.7 Å². The van der Waals surface area contributed by atoms with Gasteiger partial charge in [0.15, 0.2) is 0 Å². The fraction of sp³-hybridized carbons (Fsp3) is 0.286. The third kappa shape index (κ3) is 3.14. The predicted octanol–water partition coefficient (Wildman–Crippen LogP) is 4.55. The molecule has 0 aliphatic heterocycles. The summed E-state index contributed by atoms with van der Waals surface area (Å²) in [5.41, 5.74) is 0.898. The molecule has 106 valence electrons. The minimum Gasteiger partial charge on any atom is -0.475 e. The molecular weight excluding hydrogens is 301 g/mol. The van der Waals surface area contributed by atoms with Crippen molar-refractivity contribution in [3.63, 3.8) is 0 Å². The maximum atomic E-state index is 11.2. The van der Waals surface area contributed by atoms with Crippen molar-refractivity contribution >= 4 is 29.2 Å². The lowest BCUT2D eigenvalue weighted by Gasteiger charge is -2.00. The van der Waals surface area contributed by atoms with Gasteiger partial charge in [-0.2, -0.15) is 0 Å². The molecule has 4 nitrogen and oxygen atoms in total. The van der Waals surface area contributed by atoms with Gasteiger partial charge in [-0.15, -0.1) is 0 Å². The summed E-state index contributed by atoms with van der Waals surface area (Å²) in [5.74, 6) is -0.853. The van der Waals surface area contributed by atoms with Gasteiger partial charge in [0.05, 0.1) is 16.3 Å². The highest BCUT2D eigenvalue weighted by atomic mass is 35.5. The van der Waals surface area contributed by atoms with Crippen LogP contribution < -0.4 is 0 Å². The second kappa shape index (κ2) is 5.85. The van der Waals surface area contributed by atoms with Gasteiger partial charge in [-0.1, -0.05) is 37.0 Å². The van der Waals surface area contributed by atoms with Crippen LogP contribution >= 0.6 is 23.2 Å². The van der Waals surface area contributed by atoms with Crippen LogP contribution in [0.3, 0.4) is 0 Å². The number of oxazole rings is 1. The molecule has 0 radical (unpaired) electrons. The summed E-state index contributed by atoms with van der Waals surface area (Å²) in [4.78, 5) is 15.5. The van der Waals surface area contributed by atoms with Crippen LogP contribution in [0.5, 0.6) is 0 Å². The van der Waals surface area contributed by atoms with Crippen LogP contribution in [0.1, 0.15) is 30.1 Å². The average molecular weight is 314 g/mol. The Bertz CT molecular complexity index is 650. The third-order valence-electron chi connectivity index (χ3n) is 2.65. The van der Waals surface area contributed by atoms with Crippen LogP contribution in [0.25, 0.3) is 11.5 Å². The summed E-state index contributed by atoms with van der Waals surface area (Å²) >= 11 is 12.0. The summed E-state index contributed by atoms with van der Waals surface area (Å²) in [6.07, 6.45) is 0.517. The van der Waals surface area contributed by atoms with Gasteiger partial charge in [0.1, 0.15) is 0 Å². The van der Waals surface area contributed by atoms with Crippen molar-refractivity contribution in [1.29, 1.82) is 0 Å². The largest absolute Gasteiger partial charge is 0.475 e. The van der Waals surface area contributed by atoms with Gasteiger partial charge in [-0.25, -0.2) is 9.78 Å². The Kier molecular flexibility index (Phi) is 4.35. The first-order chi connectivity index (χ1) is 9.38. The molecule has 0 saturated heterocycles. The van der Waals surface area contributed by atoms with E-state index in [1.54, 1.807) is 18.2 Å². The van der Waals surface area contributed by atoms with E-state index in [-0.39, 0.29) is 17.6 Å². The Hall–Kier alpha value is -1.52. The average Bonchev–Trinajstić information content (AvgIpc) is 2.75. The summed E-state index contributed by atoms with van der Waals surface area (Å²) in [6, 6.07) is 4.86. The third-order valence-corrected chi connectivity index (χ3v) is 3.22. The van der Waals surface area contributed by atoms with Crippen molar-refractivity contribution in [2.45, 2.75) is 20.3 Å². The molecule has 1 N–H and O–H groups in total. The van der Waals surface area contributed by atoms with Crippen LogP contribution in [0, 0.1) is 5.92 Å². The highest BCUT2D eigenvalue weighted by Gasteiger charge is 2.22. The zero-order chi connectivity index (χ0) is 14.9. The molecule has 0 aliphatic carbocycles. The molecule has 20 heavy (non-hydrogen) atoms. The second-order valence-corrected chi connectivity index (χ2v) is 5.67. The molecule has 6 heteroatoms. The maximum Gasteiger partial charge on any atom is 0.373 e. The van der Waals surface area contributed by atoms with Gasteiger partial charge in [-0.3, -0.25) is 0 Å². The molecule has 2 rings (SSSR count). The topological polar surface area (TPSA) is 63.3 Å². The molecule has 0 saturated carbocycles. The molecule has 0 atom stereocenters. The second-order valence-electron chi connectivity index (χ2n) is 4.82. The molecular formula is C14H13Cl2NO3. The number of halogens is 2. The highest BCUT2D eigenvalue weighted by molar-refractivity contribution is 6.35. The van der Waals surface area contributed by atoms with Crippen molar-refractivity contribution in [1.82, 2.24) is 4.98 Å². The zero-order valence-corrected chi connectivity index (χ0v) is 12.5. The summed E-state index contributed by atoms with van der Waals surface area (Å²) in [6.45, 7) is 3.96. The molecule has 2 aromatic rings. The van der Waals surface area contributed by atoms with E-state index in [0.717, 1.165) is 0 Å². The van der Waals surface area contributed by atoms with Gasteiger partial charge in [0.2, 0.25) is 11.7 Å². The SMILES string of the molecule is CC(C)Cc1nc(-c2cc(Cl)ccc2Cl)oc1C(=O)O. The molecule has 0 fully saturated rings. The number of hydrogen-bond acceptors (Lipinski definition) is 3. The maximum absolute atomic E-state index is 11.2. The molecule has 1 aromatic carbocycles. The number of aromatic carboxylic acids is 1. The lowest BCUT2D eigenvalue weighted by atomic mass is 10.1. The van der Waals surface area contributed by atoms with E-state index in [1.807, 2.05) is 13.8 Å². The van der Waals surface area contributed by atoms with Crippen LogP contribution in [-0.4, -0.2) is 16.1 Å². The fourth-order valence-electron chi connectivity index (χ4n) is 1.82. The number of carboxylic acids is 1. The van der Waals surface area contributed by atoms with Crippen LogP contribution in [-0.2, 0) is 6.42 Å². The standard InChI is InChI=1S/C14H13Cl2NO3/c1-7(2)5-11-12(14(18)19)20-13(17-11)9-6-8(15)3-4-10(9)16/h3-4,6-7H,5H2,1-2H3,(H,18,19).